The van der Waals surface area contributed by atoms with E-state index < -0.39 is 0 Å². The van der Waals surface area contributed by atoms with Crippen molar-refractivity contribution in [3.63, 3.8) is 0 Å². The molecule has 106 valence electrons. The van der Waals surface area contributed by atoms with Crippen LogP contribution in [0.25, 0.3) is 0 Å². The van der Waals surface area contributed by atoms with Gasteiger partial charge in [-0.15, -0.1) is 10.2 Å². The Balaban J connectivity index is 1.66. The van der Waals surface area contributed by atoms with Crippen LogP contribution in [0.5, 0.6) is 0 Å². The minimum atomic E-state index is 0.583. The molecule has 4 heteroatoms. The molecule has 20 heavy (non-hydrogen) atoms. The van der Waals surface area contributed by atoms with Gasteiger partial charge in [-0.25, -0.2) is 0 Å². The Morgan fingerprint density at radius 1 is 1.25 bits per heavy atom. The molecule has 0 aliphatic heterocycles. The van der Waals surface area contributed by atoms with Gasteiger partial charge < -0.3 is 4.57 Å². The van der Waals surface area contributed by atoms with E-state index >= 15 is 0 Å². The lowest BCUT2D eigenvalue weighted by molar-refractivity contribution is 0.231. The molecule has 3 rings (SSSR count). The first-order valence-corrected chi connectivity index (χ1v) is 7.41. The molecule has 1 aromatic carbocycles. The Morgan fingerprint density at radius 3 is 2.60 bits per heavy atom. The summed E-state index contributed by atoms with van der Waals surface area (Å²) in [7, 11) is 2.20. The van der Waals surface area contributed by atoms with Gasteiger partial charge in [-0.1, -0.05) is 31.2 Å². The van der Waals surface area contributed by atoms with Crippen molar-refractivity contribution in [2.24, 2.45) is 0 Å². The maximum Gasteiger partial charge on any atom is 0.147 e. The van der Waals surface area contributed by atoms with Crippen molar-refractivity contribution in [3.05, 3.63) is 47.5 Å². The van der Waals surface area contributed by atoms with Crippen LogP contribution in [0.3, 0.4) is 0 Å². The summed E-state index contributed by atoms with van der Waals surface area (Å²) >= 11 is 0. The Morgan fingerprint density at radius 2 is 1.95 bits per heavy atom. The second-order valence-corrected chi connectivity index (χ2v) is 5.69. The van der Waals surface area contributed by atoms with Crippen molar-refractivity contribution in [2.45, 2.75) is 45.3 Å². The predicted octanol–water partition coefficient (Wildman–Crippen LogP) is 2.29. The molecule has 1 heterocycles. The van der Waals surface area contributed by atoms with Crippen LogP contribution in [0.2, 0.25) is 0 Å². The van der Waals surface area contributed by atoms with Crippen LogP contribution in [0.15, 0.2) is 30.6 Å². The molecule has 0 unspecified atom stereocenters. The van der Waals surface area contributed by atoms with Crippen LogP contribution in [0.4, 0.5) is 0 Å². The summed E-state index contributed by atoms with van der Waals surface area (Å²) in [6, 6.07) is 9.36. The number of likely N-dealkylation sites (N-methyl/N-ethyl adjacent to an activating group) is 1. The molecule has 2 aromatic rings. The van der Waals surface area contributed by atoms with Gasteiger partial charge in [0, 0.05) is 12.6 Å². The highest BCUT2D eigenvalue weighted by atomic mass is 15.3. The van der Waals surface area contributed by atoms with Crippen LogP contribution < -0.4 is 0 Å². The number of fused-ring (bicyclic) bond motifs is 1. The molecule has 4 nitrogen and oxygen atoms in total. The highest BCUT2D eigenvalue weighted by Gasteiger charge is 2.25. The highest BCUT2D eigenvalue weighted by molar-refractivity contribution is 5.33. The van der Waals surface area contributed by atoms with E-state index in [0.717, 1.165) is 38.2 Å². The van der Waals surface area contributed by atoms with Gasteiger partial charge in [0.1, 0.15) is 12.2 Å². The van der Waals surface area contributed by atoms with Crippen LogP contribution in [0, 0.1) is 0 Å². The van der Waals surface area contributed by atoms with Gasteiger partial charge in [-0.2, -0.15) is 0 Å². The number of hydrogen-bond donors (Lipinski definition) is 0. The maximum absolute atomic E-state index is 4.27. The van der Waals surface area contributed by atoms with Gasteiger partial charge in [0.25, 0.3) is 0 Å². The van der Waals surface area contributed by atoms with E-state index in [4.69, 9.17) is 0 Å². The Kier molecular flexibility index (Phi) is 3.83. The number of rotatable bonds is 5. The summed E-state index contributed by atoms with van der Waals surface area (Å²) in [5, 5.41) is 8.31. The molecule has 0 radical (unpaired) electrons. The second kappa shape index (κ2) is 5.75. The normalized spacial score (nSPS) is 14.9. The van der Waals surface area contributed by atoms with Gasteiger partial charge in [-0.3, -0.25) is 4.90 Å². The molecular weight excluding hydrogens is 248 g/mol. The third-order valence-electron chi connectivity index (χ3n) is 4.20. The lowest BCUT2D eigenvalue weighted by Crippen LogP contribution is -2.32. The fraction of sp³-hybridized carbons (Fsp3) is 0.500. The van der Waals surface area contributed by atoms with Crippen LogP contribution in [-0.4, -0.2) is 32.8 Å². The summed E-state index contributed by atoms with van der Waals surface area (Å²) < 4.78 is 2.17. The zero-order chi connectivity index (χ0) is 13.9. The summed E-state index contributed by atoms with van der Waals surface area (Å²) in [5.74, 6) is 1.07. The number of nitrogens with zero attached hydrogens (tertiary/aromatic N) is 4. The van der Waals surface area contributed by atoms with Gasteiger partial charge in [-0.05, 0) is 37.4 Å². The van der Waals surface area contributed by atoms with Crippen molar-refractivity contribution in [1.29, 1.82) is 0 Å². The Labute approximate surface area is 120 Å². The summed E-state index contributed by atoms with van der Waals surface area (Å²) in [6.45, 7) is 4.06. The van der Waals surface area contributed by atoms with Gasteiger partial charge in [0.2, 0.25) is 0 Å². The van der Waals surface area contributed by atoms with Crippen molar-refractivity contribution >= 4 is 0 Å². The molecule has 1 aliphatic rings. The standard InChI is InChI=1S/C16H22N4/c1-3-8-20-12-17-18-16(20)11-19(2)15-9-13-6-4-5-7-14(13)10-15/h4-7,12,15H,3,8-11H2,1-2H3. The number of aryl methyl sites for hydroxylation is 1. The maximum atomic E-state index is 4.27. The molecule has 0 N–H and O–H groups in total. The largest absolute Gasteiger partial charge is 0.317 e. The minimum Gasteiger partial charge on any atom is -0.317 e. The number of aromatic nitrogens is 3. The first-order valence-electron chi connectivity index (χ1n) is 7.41. The average Bonchev–Trinajstić information content (AvgIpc) is 3.06. The van der Waals surface area contributed by atoms with E-state index in [1.54, 1.807) is 0 Å². The summed E-state index contributed by atoms with van der Waals surface area (Å²) in [6.07, 6.45) is 5.25. The monoisotopic (exact) mass is 270 g/mol. The van der Waals surface area contributed by atoms with E-state index in [1.165, 1.54) is 11.1 Å². The van der Waals surface area contributed by atoms with Gasteiger partial charge in [0.05, 0.1) is 6.54 Å². The third-order valence-corrected chi connectivity index (χ3v) is 4.20. The fourth-order valence-corrected chi connectivity index (χ4v) is 3.03. The van der Waals surface area contributed by atoms with Crippen molar-refractivity contribution < 1.29 is 0 Å². The quantitative estimate of drug-likeness (QED) is 0.836. The average molecular weight is 270 g/mol. The fourth-order valence-electron chi connectivity index (χ4n) is 3.03. The zero-order valence-electron chi connectivity index (χ0n) is 12.3. The van der Waals surface area contributed by atoms with E-state index in [1.807, 2.05) is 6.33 Å². The lowest BCUT2D eigenvalue weighted by atomic mass is 10.1. The molecule has 0 spiro atoms. The predicted molar refractivity (Wildman–Crippen MR) is 79.4 cm³/mol. The highest BCUT2D eigenvalue weighted by Crippen LogP contribution is 2.25. The Hall–Kier alpha value is -1.68. The van der Waals surface area contributed by atoms with E-state index in [2.05, 4.69) is 57.9 Å². The van der Waals surface area contributed by atoms with Crippen LogP contribution in [0.1, 0.15) is 30.3 Å². The molecule has 0 atom stereocenters. The summed E-state index contributed by atoms with van der Waals surface area (Å²) in [4.78, 5) is 2.41. The molecule has 0 amide bonds. The third kappa shape index (κ3) is 2.61. The smallest absolute Gasteiger partial charge is 0.147 e. The molecule has 0 bridgehead atoms. The first-order chi connectivity index (χ1) is 9.78. The van der Waals surface area contributed by atoms with Crippen molar-refractivity contribution in [1.82, 2.24) is 19.7 Å². The molecule has 1 aromatic heterocycles. The Bertz CT molecular complexity index is 550. The van der Waals surface area contributed by atoms with Crippen LogP contribution in [-0.2, 0) is 25.9 Å². The molecule has 0 saturated carbocycles. The topological polar surface area (TPSA) is 34.0 Å². The van der Waals surface area contributed by atoms with Gasteiger partial charge in [0.15, 0.2) is 0 Å². The molecule has 1 aliphatic carbocycles. The molecular formula is C16H22N4. The van der Waals surface area contributed by atoms with E-state index in [-0.39, 0.29) is 0 Å². The zero-order valence-corrected chi connectivity index (χ0v) is 12.3. The SMILES string of the molecule is CCCn1cnnc1CN(C)C1Cc2ccccc2C1. The van der Waals surface area contributed by atoms with E-state index in [9.17, 15) is 0 Å². The van der Waals surface area contributed by atoms with Crippen molar-refractivity contribution in [2.75, 3.05) is 7.05 Å². The molecule has 0 saturated heterocycles. The minimum absolute atomic E-state index is 0.583. The number of benzene rings is 1. The van der Waals surface area contributed by atoms with Gasteiger partial charge >= 0.3 is 0 Å². The van der Waals surface area contributed by atoms with E-state index in [0.29, 0.717) is 6.04 Å². The molecule has 0 fully saturated rings. The summed E-state index contributed by atoms with van der Waals surface area (Å²) in [5.41, 5.74) is 3.00. The first kappa shape index (κ1) is 13.3. The van der Waals surface area contributed by atoms with Crippen LogP contribution >= 0.6 is 0 Å². The lowest BCUT2D eigenvalue weighted by Gasteiger charge is -2.23. The van der Waals surface area contributed by atoms with Crippen molar-refractivity contribution in [3.8, 4) is 0 Å². The number of hydrogen-bond acceptors (Lipinski definition) is 3. The second-order valence-electron chi connectivity index (χ2n) is 5.69.